The fraction of sp³-hybridized carbons (Fsp3) is 0.625. The Balaban J connectivity index is 1.82. The van der Waals surface area contributed by atoms with E-state index in [-0.39, 0.29) is 0 Å². The summed E-state index contributed by atoms with van der Waals surface area (Å²) in [5, 5.41) is 14.3. The Morgan fingerprint density at radius 1 is 1.26 bits per heavy atom. The van der Waals surface area contributed by atoms with E-state index in [1.165, 1.54) is 32.1 Å². The molecule has 3 heteroatoms. The molecule has 2 rings (SSSR count). The van der Waals surface area contributed by atoms with Gasteiger partial charge >= 0.3 is 0 Å². The molecular weight excluding hydrogens is 258 g/mol. The molecule has 0 amide bonds. The van der Waals surface area contributed by atoms with Gasteiger partial charge in [-0.05, 0) is 31.7 Å². The van der Waals surface area contributed by atoms with Crippen LogP contribution in [0.3, 0.4) is 0 Å². The molecule has 0 aromatic heterocycles. The zero-order valence-electron chi connectivity index (χ0n) is 11.6. The summed E-state index contributed by atoms with van der Waals surface area (Å²) in [7, 11) is 0. The van der Waals surface area contributed by atoms with Gasteiger partial charge < -0.3 is 10.4 Å². The summed E-state index contributed by atoms with van der Waals surface area (Å²) in [6.45, 7) is 2.80. The lowest BCUT2D eigenvalue weighted by molar-refractivity contribution is 0.161. The first kappa shape index (κ1) is 14.8. The normalized spacial score (nSPS) is 20.2. The van der Waals surface area contributed by atoms with Gasteiger partial charge in [-0.2, -0.15) is 0 Å². The molecule has 1 aromatic rings. The monoisotopic (exact) mass is 281 g/mol. The van der Waals surface area contributed by atoms with Crippen molar-refractivity contribution in [2.45, 2.75) is 51.2 Å². The molecular formula is C16H24ClNO. The molecule has 0 saturated heterocycles. The van der Waals surface area contributed by atoms with Crippen LogP contribution in [0.4, 0.5) is 0 Å². The molecule has 1 fully saturated rings. The number of halogens is 1. The van der Waals surface area contributed by atoms with Crippen LogP contribution in [0.5, 0.6) is 0 Å². The fourth-order valence-corrected chi connectivity index (χ4v) is 3.22. The molecule has 1 aliphatic carbocycles. The van der Waals surface area contributed by atoms with Crippen LogP contribution in [0.25, 0.3) is 0 Å². The number of hydrogen-bond acceptors (Lipinski definition) is 2. The van der Waals surface area contributed by atoms with E-state index in [2.05, 4.69) is 12.2 Å². The van der Waals surface area contributed by atoms with Gasteiger partial charge in [0.05, 0.1) is 6.10 Å². The quantitative estimate of drug-likeness (QED) is 0.857. The van der Waals surface area contributed by atoms with Crippen molar-refractivity contribution in [1.29, 1.82) is 0 Å². The molecule has 19 heavy (non-hydrogen) atoms. The van der Waals surface area contributed by atoms with Crippen LogP contribution in [0.15, 0.2) is 24.3 Å². The van der Waals surface area contributed by atoms with Crippen LogP contribution in [0.2, 0.25) is 5.02 Å². The maximum Gasteiger partial charge on any atom is 0.0928 e. The fourth-order valence-electron chi connectivity index (χ4n) is 2.95. The third-order valence-corrected chi connectivity index (χ3v) is 4.60. The summed E-state index contributed by atoms with van der Waals surface area (Å²) in [4.78, 5) is 0. The highest BCUT2D eigenvalue weighted by atomic mass is 35.5. The Morgan fingerprint density at radius 3 is 2.63 bits per heavy atom. The van der Waals surface area contributed by atoms with E-state index >= 15 is 0 Å². The van der Waals surface area contributed by atoms with Crippen molar-refractivity contribution in [3.8, 4) is 0 Å². The van der Waals surface area contributed by atoms with Crippen molar-refractivity contribution in [3.05, 3.63) is 34.9 Å². The van der Waals surface area contributed by atoms with Crippen molar-refractivity contribution in [2.24, 2.45) is 5.92 Å². The highest BCUT2D eigenvalue weighted by molar-refractivity contribution is 6.31. The molecule has 0 heterocycles. The van der Waals surface area contributed by atoms with Gasteiger partial charge in [0, 0.05) is 23.2 Å². The number of aliphatic hydroxyl groups is 1. The van der Waals surface area contributed by atoms with Crippen molar-refractivity contribution in [1.82, 2.24) is 5.32 Å². The van der Waals surface area contributed by atoms with Gasteiger partial charge in [-0.1, -0.05) is 49.1 Å². The van der Waals surface area contributed by atoms with E-state index in [9.17, 15) is 5.11 Å². The van der Waals surface area contributed by atoms with Crippen LogP contribution in [-0.4, -0.2) is 17.7 Å². The van der Waals surface area contributed by atoms with Crippen LogP contribution < -0.4 is 5.32 Å². The van der Waals surface area contributed by atoms with E-state index in [1.807, 2.05) is 24.3 Å². The van der Waals surface area contributed by atoms with Gasteiger partial charge in [-0.25, -0.2) is 0 Å². The standard InChI is InChI=1S/C16H24ClNO/c1-12(13-7-3-2-4-8-13)18-11-16(19)14-9-5-6-10-15(14)17/h5-6,9-10,12-13,16,18-19H,2-4,7-8,11H2,1H3. The minimum absolute atomic E-state index is 0.470. The number of nitrogens with one attached hydrogen (secondary N) is 1. The molecule has 1 aliphatic rings. The molecule has 1 aromatic carbocycles. The highest BCUT2D eigenvalue weighted by Crippen LogP contribution is 2.27. The smallest absolute Gasteiger partial charge is 0.0928 e. The second-order valence-electron chi connectivity index (χ2n) is 5.63. The minimum atomic E-state index is -0.528. The third kappa shape index (κ3) is 4.20. The van der Waals surface area contributed by atoms with Crippen molar-refractivity contribution < 1.29 is 5.11 Å². The van der Waals surface area contributed by atoms with Gasteiger partial charge in [0.25, 0.3) is 0 Å². The van der Waals surface area contributed by atoms with Gasteiger partial charge in [-0.15, -0.1) is 0 Å². The Morgan fingerprint density at radius 2 is 1.95 bits per heavy atom. The summed E-state index contributed by atoms with van der Waals surface area (Å²) < 4.78 is 0. The predicted octanol–water partition coefficient (Wildman–Crippen LogP) is 3.93. The molecule has 0 aliphatic heterocycles. The second-order valence-corrected chi connectivity index (χ2v) is 6.04. The van der Waals surface area contributed by atoms with Crippen molar-refractivity contribution in [2.75, 3.05) is 6.54 Å². The van der Waals surface area contributed by atoms with E-state index < -0.39 is 6.10 Å². The lowest BCUT2D eigenvalue weighted by Gasteiger charge is -2.29. The summed E-state index contributed by atoms with van der Waals surface area (Å²) in [6, 6.07) is 7.98. The maximum atomic E-state index is 10.2. The van der Waals surface area contributed by atoms with E-state index in [0.717, 1.165) is 11.5 Å². The Kier molecular flexibility index (Phi) is 5.68. The summed E-state index contributed by atoms with van der Waals surface area (Å²) in [5.74, 6) is 0.757. The van der Waals surface area contributed by atoms with Crippen LogP contribution in [0, 0.1) is 5.92 Å². The van der Waals surface area contributed by atoms with Crippen LogP contribution in [0.1, 0.15) is 50.7 Å². The second kappa shape index (κ2) is 7.28. The molecule has 0 bridgehead atoms. The predicted molar refractivity (Wildman–Crippen MR) is 80.5 cm³/mol. The van der Waals surface area contributed by atoms with Crippen LogP contribution in [-0.2, 0) is 0 Å². The molecule has 2 N–H and O–H groups in total. The van der Waals surface area contributed by atoms with E-state index in [4.69, 9.17) is 11.6 Å². The zero-order valence-corrected chi connectivity index (χ0v) is 12.4. The average molecular weight is 282 g/mol. The summed E-state index contributed by atoms with van der Waals surface area (Å²) in [6.07, 6.45) is 6.19. The number of rotatable bonds is 5. The Labute approximate surface area is 121 Å². The SMILES string of the molecule is CC(NCC(O)c1ccccc1Cl)C1CCCCC1. The lowest BCUT2D eigenvalue weighted by atomic mass is 9.84. The lowest BCUT2D eigenvalue weighted by Crippen LogP contribution is -2.37. The first-order valence-electron chi connectivity index (χ1n) is 7.34. The molecule has 106 valence electrons. The Bertz CT molecular complexity index is 390. The third-order valence-electron chi connectivity index (χ3n) is 4.25. The molecule has 2 atom stereocenters. The highest BCUT2D eigenvalue weighted by Gasteiger charge is 2.20. The summed E-state index contributed by atoms with van der Waals surface area (Å²) in [5.41, 5.74) is 0.813. The Hall–Kier alpha value is -0.570. The van der Waals surface area contributed by atoms with Gasteiger partial charge in [0.2, 0.25) is 0 Å². The zero-order chi connectivity index (χ0) is 13.7. The number of benzene rings is 1. The molecule has 2 unspecified atom stereocenters. The molecule has 0 radical (unpaired) electrons. The van der Waals surface area contributed by atoms with Gasteiger partial charge in [0.1, 0.15) is 0 Å². The first-order chi connectivity index (χ1) is 9.18. The van der Waals surface area contributed by atoms with Crippen molar-refractivity contribution >= 4 is 11.6 Å². The van der Waals surface area contributed by atoms with E-state index in [1.54, 1.807) is 0 Å². The average Bonchev–Trinajstić information content (AvgIpc) is 2.46. The van der Waals surface area contributed by atoms with E-state index in [0.29, 0.717) is 17.6 Å². The largest absolute Gasteiger partial charge is 0.387 e. The van der Waals surface area contributed by atoms with Gasteiger partial charge in [0.15, 0.2) is 0 Å². The summed E-state index contributed by atoms with van der Waals surface area (Å²) >= 11 is 6.10. The molecule has 2 nitrogen and oxygen atoms in total. The molecule has 1 saturated carbocycles. The number of hydrogen-bond donors (Lipinski definition) is 2. The van der Waals surface area contributed by atoms with Gasteiger partial charge in [-0.3, -0.25) is 0 Å². The maximum absolute atomic E-state index is 10.2. The first-order valence-corrected chi connectivity index (χ1v) is 7.72. The topological polar surface area (TPSA) is 32.3 Å². The molecule has 0 spiro atoms. The van der Waals surface area contributed by atoms with Crippen LogP contribution >= 0.6 is 11.6 Å². The minimum Gasteiger partial charge on any atom is -0.387 e. The van der Waals surface area contributed by atoms with Crippen molar-refractivity contribution in [3.63, 3.8) is 0 Å². The number of aliphatic hydroxyl groups excluding tert-OH is 1.